The van der Waals surface area contributed by atoms with Gasteiger partial charge in [-0.25, -0.2) is 0 Å². The number of nitrogens with zero attached hydrogens (tertiary/aromatic N) is 2. The van der Waals surface area contributed by atoms with Crippen LogP contribution in [0.2, 0.25) is 0 Å². The van der Waals surface area contributed by atoms with Gasteiger partial charge in [-0.2, -0.15) is 5.26 Å². The standard InChI is InChI=1S/C21H29N3O2/c1-26-18-10-8-17(9-11-18)19-7-3-2-6-14-24(19)15-20(25)23-21(16-22)12-4-5-13-21/h8-11,19H,2-7,12-15H2,1H3,(H,23,25). The van der Waals surface area contributed by atoms with Crippen molar-refractivity contribution >= 4 is 5.91 Å². The normalized spacial score (nSPS) is 23.0. The number of methoxy groups -OCH3 is 1. The minimum atomic E-state index is -0.640. The van der Waals surface area contributed by atoms with Crippen LogP contribution in [0.1, 0.15) is 63.0 Å². The minimum Gasteiger partial charge on any atom is -0.497 e. The molecule has 3 rings (SSSR count). The Morgan fingerprint density at radius 1 is 1.23 bits per heavy atom. The van der Waals surface area contributed by atoms with E-state index < -0.39 is 5.54 Å². The number of amides is 1. The maximum Gasteiger partial charge on any atom is 0.235 e. The van der Waals surface area contributed by atoms with Gasteiger partial charge in [-0.15, -0.1) is 0 Å². The molecule has 26 heavy (non-hydrogen) atoms. The van der Waals surface area contributed by atoms with Crippen LogP contribution in [0.5, 0.6) is 5.75 Å². The summed E-state index contributed by atoms with van der Waals surface area (Å²) in [5.41, 5.74) is 0.592. The van der Waals surface area contributed by atoms with Gasteiger partial charge in [0, 0.05) is 6.04 Å². The molecule has 1 aromatic rings. The van der Waals surface area contributed by atoms with Gasteiger partial charge in [-0.05, 0) is 62.8 Å². The van der Waals surface area contributed by atoms with Gasteiger partial charge in [0.05, 0.1) is 19.7 Å². The lowest BCUT2D eigenvalue weighted by Crippen LogP contribution is -2.49. The fraction of sp³-hybridized carbons (Fsp3) is 0.619. The van der Waals surface area contributed by atoms with E-state index in [9.17, 15) is 10.1 Å². The molecule has 1 amide bonds. The highest BCUT2D eigenvalue weighted by Crippen LogP contribution is 2.32. The number of hydrogen-bond donors (Lipinski definition) is 1. The second-order valence-electron chi connectivity index (χ2n) is 7.56. The molecule has 0 radical (unpaired) electrons. The van der Waals surface area contributed by atoms with E-state index in [0.29, 0.717) is 6.54 Å². The topological polar surface area (TPSA) is 65.4 Å². The van der Waals surface area contributed by atoms with Crippen LogP contribution in [-0.4, -0.2) is 36.5 Å². The Morgan fingerprint density at radius 3 is 2.62 bits per heavy atom. The third-order valence-electron chi connectivity index (χ3n) is 5.76. The lowest BCUT2D eigenvalue weighted by molar-refractivity contribution is -0.124. The van der Waals surface area contributed by atoms with Crippen LogP contribution in [0.25, 0.3) is 0 Å². The molecule has 1 aliphatic heterocycles. The number of likely N-dealkylation sites (tertiary alicyclic amines) is 1. The van der Waals surface area contributed by atoms with E-state index in [0.717, 1.165) is 50.8 Å². The largest absolute Gasteiger partial charge is 0.497 e. The first-order chi connectivity index (χ1) is 12.7. The van der Waals surface area contributed by atoms with E-state index in [1.54, 1.807) is 7.11 Å². The van der Waals surface area contributed by atoms with Crippen molar-refractivity contribution < 1.29 is 9.53 Å². The fourth-order valence-corrected chi connectivity index (χ4v) is 4.29. The van der Waals surface area contributed by atoms with Crippen LogP contribution < -0.4 is 10.1 Å². The van der Waals surface area contributed by atoms with Crippen molar-refractivity contribution in [1.29, 1.82) is 5.26 Å². The van der Waals surface area contributed by atoms with Gasteiger partial charge in [0.25, 0.3) is 0 Å². The summed E-state index contributed by atoms with van der Waals surface area (Å²) in [7, 11) is 1.67. The number of benzene rings is 1. The second-order valence-corrected chi connectivity index (χ2v) is 7.56. The molecule has 1 aromatic carbocycles. The molecular formula is C21H29N3O2. The molecule has 140 valence electrons. The predicted molar refractivity (Wildman–Crippen MR) is 101 cm³/mol. The summed E-state index contributed by atoms with van der Waals surface area (Å²) in [4.78, 5) is 15.0. The first-order valence-corrected chi connectivity index (χ1v) is 9.76. The van der Waals surface area contributed by atoms with Crippen molar-refractivity contribution in [1.82, 2.24) is 10.2 Å². The number of ether oxygens (including phenoxy) is 1. The summed E-state index contributed by atoms with van der Waals surface area (Å²) in [5.74, 6) is 0.831. The molecule has 2 fully saturated rings. The van der Waals surface area contributed by atoms with E-state index >= 15 is 0 Å². The molecule has 1 saturated heterocycles. The highest BCUT2D eigenvalue weighted by Gasteiger charge is 2.36. The molecule has 1 saturated carbocycles. The van der Waals surface area contributed by atoms with Crippen LogP contribution in [0.3, 0.4) is 0 Å². The van der Waals surface area contributed by atoms with Gasteiger partial charge in [0.15, 0.2) is 0 Å². The quantitative estimate of drug-likeness (QED) is 0.877. The average molecular weight is 355 g/mol. The number of nitrogens with one attached hydrogen (secondary N) is 1. The Hall–Kier alpha value is -2.06. The molecule has 0 aromatic heterocycles. The summed E-state index contributed by atoms with van der Waals surface area (Å²) in [6, 6.07) is 10.8. The van der Waals surface area contributed by atoms with Gasteiger partial charge in [0.2, 0.25) is 5.91 Å². The van der Waals surface area contributed by atoms with Crippen LogP contribution in [0, 0.1) is 11.3 Å². The molecule has 2 aliphatic rings. The van der Waals surface area contributed by atoms with Gasteiger partial charge in [0.1, 0.15) is 11.3 Å². The van der Waals surface area contributed by atoms with E-state index in [2.05, 4.69) is 28.4 Å². The molecule has 5 nitrogen and oxygen atoms in total. The van der Waals surface area contributed by atoms with Crippen LogP contribution in [0.15, 0.2) is 24.3 Å². The average Bonchev–Trinajstić information content (AvgIpc) is 3.01. The zero-order chi connectivity index (χ0) is 18.4. The Morgan fingerprint density at radius 2 is 1.96 bits per heavy atom. The number of rotatable bonds is 5. The SMILES string of the molecule is COc1ccc(C2CCCCCN2CC(=O)NC2(C#N)CCCC2)cc1. The van der Waals surface area contributed by atoms with E-state index in [1.165, 1.54) is 18.4 Å². The molecule has 1 unspecified atom stereocenters. The van der Waals surface area contributed by atoms with Crippen molar-refractivity contribution in [2.75, 3.05) is 20.2 Å². The zero-order valence-electron chi connectivity index (χ0n) is 15.7. The van der Waals surface area contributed by atoms with E-state index in [4.69, 9.17) is 4.74 Å². The van der Waals surface area contributed by atoms with Crippen molar-refractivity contribution in [3.8, 4) is 11.8 Å². The van der Waals surface area contributed by atoms with Gasteiger partial charge < -0.3 is 10.1 Å². The highest BCUT2D eigenvalue weighted by molar-refractivity contribution is 5.79. The smallest absolute Gasteiger partial charge is 0.235 e. The molecule has 1 N–H and O–H groups in total. The lowest BCUT2D eigenvalue weighted by Gasteiger charge is -2.31. The maximum atomic E-state index is 12.7. The molecule has 1 aliphatic carbocycles. The van der Waals surface area contributed by atoms with Crippen molar-refractivity contribution in [2.45, 2.75) is 62.9 Å². The molecule has 0 spiro atoms. The zero-order valence-corrected chi connectivity index (χ0v) is 15.7. The lowest BCUT2D eigenvalue weighted by atomic mass is 9.99. The molecule has 5 heteroatoms. The number of hydrogen-bond acceptors (Lipinski definition) is 4. The third kappa shape index (κ3) is 4.37. The Labute approximate surface area is 156 Å². The van der Waals surface area contributed by atoms with Gasteiger partial charge in [-0.1, -0.05) is 25.0 Å². The van der Waals surface area contributed by atoms with Gasteiger partial charge in [-0.3, -0.25) is 9.69 Å². The summed E-state index contributed by atoms with van der Waals surface area (Å²) >= 11 is 0. The Kier molecular flexibility index (Phi) is 6.16. The van der Waals surface area contributed by atoms with Crippen molar-refractivity contribution in [3.05, 3.63) is 29.8 Å². The Balaban J connectivity index is 1.70. The number of carbonyl (C=O) groups excluding carboxylic acids is 1. The number of nitriles is 1. The van der Waals surface area contributed by atoms with E-state index in [-0.39, 0.29) is 11.9 Å². The van der Waals surface area contributed by atoms with Crippen LogP contribution in [0.4, 0.5) is 0 Å². The van der Waals surface area contributed by atoms with Crippen molar-refractivity contribution in [2.24, 2.45) is 0 Å². The molecule has 1 heterocycles. The first-order valence-electron chi connectivity index (χ1n) is 9.76. The summed E-state index contributed by atoms with van der Waals surface area (Å²) < 4.78 is 5.26. The highest BCUT2D eigenvalue weighted by atomic mass is 16.5. The fourth-order valence-electron chi connectivity index (χ4n) is 4.29. The van der Waals surface area contributed by atoms with Crippen LogP contribution in [-0.2, 0) is 4.79 Å². The molecule has 0 bridgehead atoms. The molecule has 1 atom stereocenters. The predicted octanol–water partition coefficient (Wildman–Crippen LogP) is 3.56. The summed E-state index contributed by atoms with van der Waals surface area (Å²) in [6.45, 7) is 1.28. The second kappa shape index (κ2) is 8.55. The minimum absolute atomic E-state index is 0.0196. The summed E-state index contributed by atoms with van der Waals surface area (Å²) in [6.07, 6.45) is 8.14. The third-order valence-corrected chi connectivity index (χ3v) is 5.76. The number of carbonyl (C=O) groups is 1. The monoisotopic (exact) mass is 355 g/mol. The van der Waals surface area contributed by atoms with Crippen molar-refractivity contribution in [3.63, 3.8) is 0 Å². The Bertz CT molecular complexity index is 644. The maximum absolute atomic E-state index is 12.7. The van der Waals surface area contributed by atoms with Crippen LogP contribution >= 0.6 is 0 Å². The van der Waals surface area contributed by atoms with E-state index in [1.807, 2.05) is 12.1 Å². The van der Waals surface area contributed by atoms with Gasteiger partial charge >= 0.3 is 0 Å². The first kappa shape index (κ1) is 18.7. The molecular weight excluding hydrogens is 326 g/mol. The summed E-state index contributed by atoms with van der Waals surface area (Å²) in [5, 5.41) is 12.5.